The van der Waals surface area contributed by atoms with Gasteiger partial charge in [-0.05, 0) is 39.7 Å². The van der Waals surface area contributed by atoms with Gasteiger partial charge in [0.25, 0.3) is 0 Å². The lowest BCUT2D eigenvalue weighted by atomic mass is 9.90. The van der Waals surface area contributed by atoms with E-state index in [9.17, 15) is 4.79 Å². The molecule has 1 aliphatic heterocycles. The number of carbonyl (C=O) groups is 1. The molecular weight excluding hydrogens is 214 g/mol. The van der Waals surface area contributed by atoms with E-state index in [1.165, 1.54) is 0 Å². The smallest absolute Gasteiger partial charge is 0.240 e. The van der Waals surface area contributed by atoms with E-state index < -0.39 is 0 Å². The number of nitrogens with two attached hydrogens (primary N) is 1. The number of hydrogen-bond acceptors (Lipinski definition) is 3. The molecule has 0 saturated carbocycles. The SMILES string of the molecule is CC(N)CNC(=O)C1(C)CCCCN1.Cl. The van der Waals surface area contributed by atoms with Crippen molar-refractivity contribution in [1.82, 2.24) is 10.6 Å². The van der Waals surface area contributed by atoms with Crippen molar-refractivity contribution in [3.8, 4) is 0 Å². The Morgan fingerprint density at radius 1 is 1.60 bits per heavy atom. The van der Waals surface area contributed by atoms with Gasteiger partial charge >= 0.3 is 0 Å². The third-order valence-corrected chi connectivity index (χ3v) is 2.70. The average molecular weight is 236 g/mol. The fourth-order valence-corrected chi connectivity index (χ4v) is 1.70. The summed E-state index contributed by atoms with van der Waals surface area (Å²) in [6.07, 6.45) is 3.20. The third-order valence-electron chi connectivity index (χ3n) is 2.70. The summed E-state index contributed by atoms with van der Waals surface area (Å²) >= 11 is 0. The van der Waals surface area contributed by atoms with Crippen molar-refractivity contribution in [2.45, 2.75) is 44.7 Å². The Balaban J connectivity index is 0.00000196. The molecule has 0 aromatic heterocycles. The van der Waals surface area contributed by atoms with E-state index in [1.54, 1.807) is 0 Å². The molecule has 0 aromatic carbocycles. The van der Waals surface area contributed by atoms with Crippen molar-refractivity contribution in [3.63, 3.8) is 0 Å². The Bertz CT molecular complexity index is 203. The number of halogens is 1. The Morgan fingerprint density at radius 3 is 2.73 bits per heavy atom. The number of rotatable bonds is 3. The van der Waals surface area contributed by atoms with Gasteiger partial charge in [-0.3, -0.25) is 4.79 Å². The van der Waals surface area contributed by atoms with E-state index in [0.717, 1.165) is 25.8 Å². The fourth-order valence-electron chi connectivity index (χ4n) is 1.70. The minimum absolute atomic E-state index is 0. The van der Waals surface area contributed by atoms with Crippen LogP contribution in [-0.4, -0.2) is 30.6 Å². The third kappa shape index (κ3) is 4.36. The van der Waals surface area contributed by atoms with Gasteiger partial charge in [0, 0.05) is 12.6 Å². The molecular formula is C10H22ClN3O. The van der Waals surface area contributed by atoms with Crippen molar-refractivity contribution in [3.05, 3.63) is 0 Å². The molecule has 1 rings (SSSR count). The van der Waals surface area contributed by atoms with Crippen LogP contribution in [0.4, 0.5) is 0 Å². The lowest BCUT2D eigenvalue weighted by molar-refractivity contribution is -0.128. The Hall–Kier alpha value is -0.320. The van der Waals surface area contributed by atoms with E-state index >= 15 is 0 Å². The summed E-state index contributed by atoms with van der Waals surface area (Å²) < 4.78 is 0. The zero-order chi connectivity index (χ0) is 10.6. The maximum absolute atomic E-state index is 11.8. The highest BCUT2D eigenvalue weighted by Gasteiger charge is 2.33. The Morgan fingerprint density at radius 2 is 2.27 bits per heavy atom. The number of amides is 1. The van der Waals surface area contributed by atoms with Crippen LogP contribution in [0.5, 0.6) is 0 Å². The monoisotopic (exact) mass is 235 g/mol. The molecule has 5 heteroatoms. The second kappa shape index (κ2) is 6.30. The van der Waals surface area contributed by atoms with Crippen molar-refractivity contribution in [1.29, 1.82) is 0 Å². The highest BCUT2D eigenvalue weighted by molar-refractivity contribution is 5.86. The van der Waals surface area contributed by atoms with E-state index in [4.69, 9.17) is 5.73 Å². The summed E-state index contributed by atoms with van der Waals surface area (Å²) in [4.78, 5) is 11.8. The molecule has 2 atom stereocenters. The molecule has 1 heterocycles. The lowest BCUT2D eigenvalue weighted by Gasteiger charge is -2.33. The molecule has 4 N–H and O–H groups in total. The van der Waals surface area contributed by atoms with E-state index in [1.807, 2.05) is 13.8 Å². The molecule has 0 aliphatic carbocycles. The lowest BCUT2D eigenvalue weighted by Crippen LogP contribution is -2.57. The molecule has 0 bridgehead atoms. The van der Waals surface area contributed by atoms with Gasteiger partial charge in [-0.25, -0.2) is 0 Å². The highest BCUT2D eigenvalue weighted by atomic mass is 35.5. The summed E-state index contributed by atoms with van der Waals surface area (Å²) in [5.41, 5.74) is 5.20. The fraction of sp³-hybridized carbons (Fsp3) is 0.900. The summed E-state index contributed by atoms with van der Waals surface area (Å²) in [6, 6.07) is 0.0196. The molecule has 1 fully saturated rings. The number of nitrogens with one attached hydrogen (secondary N) is 2. The van der Waals surface area contributed by atoms with Crippen LogP contribution in [0.25, 0.3) is 0 Å². The molecule has 4 nitrogen and oxygen atoms in total. The molecule has 0 aromatic rings. The van der Waals surface area contributed by atoms with Gasteiger partial charge in [0.2, 0.25) is 5.91 Å². The molecule has 1 saturated heterocycles. The van der Waals surface area contributed by atoms with Crippen LogP contribution in [0.3, 0.4) is 0 Å². The van der Waals surface area contributed by atoms with Crippen LogP contribution in [0.2, 0.25) is 0 Å². The first-order valence-electron chi connectivity index (χ1n) is 5.33. The highest BCUT2D eigenvalue weighted by Crippen LogP contribution is 2.18. The zero-order valence-electron chi connectivity index (χ0n) is 9.51. The van der Waals surface area contributed by atoms with Crippen molar-refractivity contribution >= 4 is 18.3 Å². The molecule has 2 unspecified atom stereocenters. The minimum Gasteiger partial charge on any atom is -0.353 e. The number of carbonyl (C=O) groups excluding carboxylic acids is 1. The van der Waals surface area contributed by atoms with E-state index in [0.29, 0.717) is 6.54 Å². The maximum Gasteiger partial charge on any atom is 0.240 e. The standard InChI is InChI=1S/C10H21N3O.ClH/c1-8(11)7-12-9(14)10(2)5-3-4-6-13-10;/h8,13H,3-7,11H2,1-2H3,(H,12,14);1H. The average Bonchev–Trinajstić information content (AvgIpc) is 2.15. The van der Waals surface area contributed by atoms with Crippen LogP contribution in [0.15, 0.2) is 0 Å². The van der Waals surface area contributed by atoms with Crippen molar-refractivity contribution in [2.24, 2.45) is 5.73 Å². The van der Waals surface area contributed by atoms with Gasteiger partial charge < -0.3 is 16.4 Å². The van der Waals surface area contributed by atoms with Gasteiger partial charge in [-0.1, -0.05) is 0 Å². The number of hydrogen-bond donors (Lipinski definition) is 3. The molecule has 90 valence electrons. The molecule has 1 aliphatic rings. The summed E-state index contributed by atoms with van der Waals surface area (Å²) in [5.74, 6) is 0.0782. The second-order valence-corrected chi connectivity index (χ2v) is 4.40. The largest absolute Gasteiger partial charge is 0.353 e. The molecule has 0 radical (unpaired) electrons. The molecule has 0 spiro atoms. The maximum atomic E-state index is 11.8. The summed E-state index contributed by atoms with van der Waals surface area (Å²) in [7, 11) is 0. The minimum atomic E-state index is -0.382. The Labute approximate surface area is 97.8 Å². The summed E-state index contributed by atoms with van der Waals surface area (Å²) in [5, 5.41) is 6.13. The first-order valence-corrected chi connectivity index (χ1v) is 5.33. The van der Waals surface area contributed by atoms with Crippen LogP contribution in [0, 0.1) is 0 Å². The predicted octanol–water partition coefficient (Wildman–Crippen LogP) is 0.404. The normalized spacial score (nSPS) is 27.7. The number of piperidine rings is 1. The second-order valence-electron chi connectivity index (χ2n) is 4.40. The molecule has 15 heavy (non-hydrogen) atoms. The van der Waals surface area contributed by atoms with Crippen molar-refractivity contribution in [2.75, 3.05) is 13.1 Å². The van der Waals surface area contributed by atoms with E-state index in [2.05, 4.69) is 10.6 Å². The van der Waals surface area contributed by atoms with Crippen molar-refractivity contribution < 1.29 is 4.79 Å². The van der Waals surface area contributed by atoms with Gasteiger partial charge in [0.15, 0.2) is 0 Å². The Kier molecular flexibility index (Phi) is 6.17. The first-order chi connectivity index (χ1) is 6.54. The summed E-state index contributed by atoms with van der Waals surface area (Å²) in [6.45, 7) is 5.33. The van der Waals surface area contributed by atoms with Crippen LogP contribution >= 0.6 is 12.4 Å². The van der Waals surface area contributed by atoms with Crippen LogP contribution in [0.1, 0.15) is 33.1 Å². The van der Waals surface area contributed by atoms with Gasteiger partial charge in [0.1, 0.15) is 0 Å². The van der Waals surface area contributed by atoms with Gasteiger partial charge in [-0.2, -0.15) is 0 Å². The quantitative estimate of drug-likeness (QED) is 0.664. The predicted molar refractivity (Wildman–Crippen MR) is 64.2 cm³/mol. The molecule has 1 amide bonds. The van der Waals surface area contributed by atoms with Crippen LogP contribution < -0.4 is 16.4 Å². The van der Waals surface area contributed by atoms with Gasteiger partial charge in [-0.15, -0.1) is 12.4 Å². The van der Waals surface area contributed by atoms with Gasteiger partial charge in [0.05, 0.1) is 5.54 Å². The van der Waals surface area contributed by atoms with E-state index in [-0.39, 0.29) is 29.9 Å². The zero-order valence-corrected chi connectivity index (χ0v) is 10.3. The van der Waals surface area contributed by atoms with Crippen LogP contribution in [-0.2, 0) is 4.79 Å². The first kappa shape index (κ1) is 14.7. The topological polar surface area (TPSA) is 67.1 Å².